The van der Waals surface area contributed by atoms with Crippen LogP contribution in [0.1, 0.15) is 23.8 Å². The van der Waals surface area contributed by atoms with E-state index in [1.165, 1.54) is 11.3 Å². The van der Waals surface area contributed by atoms with Crippen LogP contribution >= 0.6 is 11.3 Å². The summed E-state index contributed by atoms with van der Waals surface area (Å²) in [6.45, 7) is 1.89. The molecule has 6 nitrogen and oxygen atoms in total. The zero-order chi connectivity index (χ0) is 15.2. The molecule has 1 saturated heterocycles. The number of rotatable bonds is 5. The highest BCUT2D eigenvalue weighted by molar-refractivity contribution is 7.10. The molecule has 1 aliphatic rings. The van der Waals surface area contributed by atoms with E-state index in [1.54, 1.807) is 29.5 Å². The molecule has 2 atom stereocenters. The number of aliphatic carboxylic acids is 1. The molecule has 2 heterocycles. The molecule has 2 unspecified atom stereocenters. The van der Waals surface area contributed by atoms with Crippen LogP contribution in [0.2, 0.25) is 0 Å². The molecule has 0 spiro atoms. The summed E-state index contributed by atoms with van der Waals surface area (Å²) in [4.78, 5) is 25.9. The number of methoxy groups -OCH3 is 1. The predicted octanol–water partition coefficient (Wildman–Crippen LogP) is 1.94. The van der Waals surface area contributed by atoms with Crippen LogP contribution in [0.5, 0.6) is 0 Å². The van der Waals surface area contributed by atoms with Gasteiger partial charge in [0.2, 0.25) is 0 Å². The van der Waals surface area contributed by atoms with Gasteiger partial charge in [0.05, 0.1) is 6.61 Å². The highest BCUT2D eigenvalue weighted by atomic mass is 32.1. The summed E-state index contributed by atoms with van der Waals surface area (Å²) in [6.07, 6.45) is 1.95. The van der Waals surface area contributed by atoms with Crippen molar-refractivity contribution in [3.05, 3.63) is 22.4 Å². The van der Waals surface area contributed by atoms with Crippen molar-refractivity contribution in [3.8, 4) is 0 Å². The van der Waals surface area contributed by atoms with Gasteiger partial charge in [-0.05, 0) is 24.3 Å². The first kappa shape index (κ1) is 15.8. The molecule has 0 aromatic carbocycles. The molecular weight excluding hydrogens is 292 g/mol. The second-order valence-electron chi connectivity index (χ2n) is 5.15. The molecule has 0 bridgehead atoms. The Morgan fingerprint density at radius 3 is 3.05 bits per heavy atom. The number of carbonyl (C=O) groups is 2. The van der Waals surface area contributed by atoms with Crippen molar-refractivity contribution in [2.24, 2.45) is 5.92 Å². The van der Waals surface area contributed by atoms with Crippen LogP contribution in [0.25, 0.3) is 0 Å². The Kier molecular flexibility index (Phi) is 5.58. The van der Waals surface area contributed by atoms with Crippen LogP contribution in [0, 0.1) is 5.92 Å². The zero-order valence-electron chi connectivity index (χ0n) is 11.9. The molecule has 2 rings (SSSR count). The number of carboxylic acid groups (broad SMARTS) is 1. The number of nitrogens with one attached hydrogen (secondary N) is 1. The summed E-state index contributed by atoms with van der Waals surface area (Å²) in [6, 6.07) is 2.18. The molecule has 0 aliphatic carbocycles. The van der Waals surface area contributed by atoms with E-state index >= 15 is 0 Å². The maximum absolute atomic E-state index is 12.3. The lowest BCUT2D eigenvalue weighted by molar-refractivity contribution is -0.139. The third-order valence-electron chi connectivity index (χ3n) is 3.55. The maximum Gasteiger partial charge on any atom is 0.331 e. The molecule has 2 amide bonds. The predicted molar refractivity (Wildman–Crippen MR) is 79.4 cm³/mol. The van der Waals surface area contributed by atoms with Gasteiger partial charge in [-0.25, -0.2) is 9.59 Å². The van der Waals surface area contributed by atoms with Crippen molar-refractivity contribution in [2.45, 2.75) is 18.9 Å². The lowest BCUT2D eigenvalue weighted by Crippen LogP contribution is -2.48. The van der Waals surface area contributed by atoms with E-state index < -0.39 is 12.0 Å². The van der Waals surface area contributed by atoms with Gasteiger partial charge >= 0.3 is 12.0 Å². The van der Waals surface area contributed by atoms with E-state index in [0.29, 0.717) is 30.5 Å². The van der Waals surface area contributed by atoms with Gasteiger partial charge in [0.25, 0.3) is 0 Å². The zero-order valence-corrected chi connectivity index (χ0v) is 12.8. The molecule has 1 aromatic rings. The summed E-state index contributed by atoms with van der Waals surface area (Å²) in [5, 5.41) is 13.7. The van der Waals surface area contributed by atoms with Gasteiger partial charge in [-0.3, -0.25) is 0 Å². The van der Waals surface area contributed by atoms with Gasteiger partial charge < -0.3 is 20.1 Å². The smallest absolute Gasteiger partial charge is 0.331 e. The van der Waals surface area contributed by atoms with Crippen molar-refractivity contribution in [1.82, 2.24) is 10.2 Å². The first-order valence-electron chi connectivity index (χ1n) is 6.92. The maximum atomic E-state index is 12.3. The van der Waals surface area contributed by atoms with Crippen molar-refractivity contribution in [2.75, 3.05) is 26.8 Å². The summed E-state index contributed by atoms with van der Waals surface area (Å²) in [7, 11) is 1.65. The topological polar surface area (TPSA) is 78.9 Å². The van der Waals surface area contributed by atoms with E-state index in [9.17, 15) is 14.7 Å². The monoisotopic (exact) mass is 312 g/mol. The molecule has 0 radical (unpaired) electrons. The molecule has 2 N–H and O–H groups in total. The second-order valence-corrected chi connectivity index (χ2v) is 6.13. The number of nitrogens with zero attached hydrogens (tertiary/aromatic N) is 1. The van der Waals surface area contributed by atoms with E-state index in [0.717, 1.165) is 12.8 Å². The lowest BCUT2D eigenvalue weighted by Gasteiger charge is -2.33. The standard InChI is InChI=1S/C14H20N2O4S/c1-20-9-10-4-2-6-16(8-10)14(19)15-12(13(17)18)11-5-3-7-21-11/h3,5,7,10,12H,2,4,6,8-9H2,1H3,(H,15,19)(H,17,18). The Hall–Kier alpha value is -1.60. The van der Waals surface area contributed by atoms with E-state index in [-0.39, 0.29) is 6.03 Å². The number of carbonyl (C=O) groups excluding carboxylic acids is 1. The quantitative estimate of drug-likeness (QED) is 0.871. The summed E-state index contributed by atoms with van der Waals surface area (Å²) >= 11 is 1.32. The van der Waals surface area contributed by atoms with Crippen molar-refractivity contribution >= 4 is 23.3 Å². The summed E-state index contributed by atoms with van der Waals surface area (Å²) in [5.41, 5.74) is 0. The second kappa shape index (κ2) is 7.42. The van der Waals surface area contributed by atoms with Crippen LogP contribution in [0.4, 0.5) is 4.79 Å². The van der Waals surface area contributed by atoms with Crippen LogP contribution in [-0.4, -0.2) is 48.8 Å². The molecule has 7 heteroatoms. The van der Waals surface area contributed by atoms with Gasteiger partial charge in [0.1, 0.15) is 0 Å². The Morgan fingerprint density at radius 2 is 2.43 bits per heavy atom. The van der Waals surface area contributed by atoms with E-state index in [1.807, 2.05) is 0 Å². The minimum atomic E-state index is -1.05. The minimum Gasteiger partial charge on any atom is -0.479 e. The van der Waals surface area contributed by atoms with Crippen LogP contribution in [-0.2, 0) is 9.53 Å². The normalized spacial score (nSPS) is 20.0. The van der Waals surface area contributed by atoms with Gasteiger partial charge in [0, 0.05) is 31.0 Å². The minimum absolute atomic E-state index is 0.319. The largest absolute Gasteiger partial charge is 0.479 e. The summed E-state index contributed by atoms with van der Waals surface area (Å²) < 4.78 is 5.14. The Labute approximate surface area is 127 Å². The van der Waals surface area contributed by atoms with E-state index in [2.05, 4.69) is 5.32 Å². The van der Waals surface area contributed by atoms with Gasteiger partial charge in [-0.2, -0.15) is 0 Å². The average Bonchev–Trinajstić information content (AvgIpc) is 2.98. The van der Waals surface area contributed by atoms with Crippen molar-refractivity contribution in [3.63, 3.8) is 0 Å². The third-order valence-corrected chi connectivity index (χ3v) is 4.49. The number of likely N-dealkylation sites (tertiary alicyclic amines) is 1. The molecular formula is C14H20N2O4S. The molecule has 1 aliphatic heterocycles. The fraction of sp³-hybridized carbons (Fsp3) is 0.571. The van der Waals surface area contributed by atoms with Crippen molar-refractivity contribution < 1.29 is 19.4 Å². The fourth-order valence-electron chi connectivity index (χ4n) is 2.55. The fourth-order valence-corrected chi connectivity index (χ4v) is 3.31. The number of urea groups is 1. The number of hydrogen-bond acceptors (Lipinski definition) is 4. The number of amides is 2. The van der Waals surface area contributed by atoms with Gasteiger partial charge in [-0.1, -0.05) is 6.07 Å². The number of thiophene rings is 1. The number of ether oxygens (including phenoxy) is 1. The summed E-state index contributed by atoms with van der Waals surface area (Å²) in [5.74, 6) is -0.726. The number of piperidine rings is 1. The molecule has 1 aromatic heterocycles. The first-order valence-corrected chi connectivity index (χ1v) is 7.80. The lowest BCUT2D eigenvalue weighted by atomic mass is 9.99. The average molecular weight is 312 g/mol. The Balaban J connectivity index is 1.97. The highest BCUT2D eigenvalue weighted by Gasteiger charge is 2.28. The number of carboxylic acids is 1. The third kappa shape index (κ3) is 4.18. The molecule has 1 fully saturated rings. The Bertz CT molecular complexity index is 475. The first-order chi connectivity index (χ1) is 10.1. The van der Waals surface area contributed by atoms with Crippen LogP contribution < -0.4 is 5.32 Å². The van der Waals surface area contributed by atoms with Crippen molar-refractivity contribution in [1.29, 1.82) is 0 Å². The van der Waals surface area contributed by atoms with Crippen LogP contribution in [0.15, 0.2) is 17.5 Å². The number of hydrogen-bond donors (Lipinski definition) is 2. The Morgan fingerprint density at radius 1 is 1.62 bits per heavy atom. The van der Waals surface area contributed by atoms with E-state index in [4.69, 9.17) is 4.74 Å². The van der Waals surface area contributed by atoms with Crippen LogP contribution in [0.3, 0.4) is 0 Å². The molecule has 0 saturated carbocycles. The van der Waals surface area contributed by atoms with Gasteiger partial charge in [-0.15, -0.1) is 11.3 Å². The molecule has 116 valence electrons. The SMILES string of the molecule is COCC1CCCN(C(=O)NC(C(=O)O)c2cccs2)C1. The van der Waals surface area contributed by atoms with Gasteiger partial charge in [0.15, 0.2) is 6.04 Å². The highest BCUT2D eigenvalue weighted by Crippen LogP contribution is 2.21. The molecule has 21 heavy (non-hydrogen) atoms.